The highest BCUT2D eigenvalue weighted by molar-refractivity contribution is 6.07. The number of nitrogens with zero attached hydrogens (tertiary/aromatic N) is 3. The first-order valence-electron chi connectivity index (χ1n) is 12.5. The second kappa shape index (κ2) is 10.6. The molecule has 0 saturated carbocycles. The third kappa shape index (κ3) is 5.40. The molecule has 1 unspecified atom stereocenters. The van der Waals surface area contributed by atoms with Gasteiger partial charge in [0.1, 0.15) is 5.54 Å². The van der Waals surface area contributed by atoms with Gasteiger partial charge in [-0.3, -0.25) is 14.5 Å². The standard InChI is InChI=1S/C28H36N4O3/c1-21-8-7-11-23(20-21)25(33)31-16-13-24(14-17-31)28(15-12-22-9-5-4-6-10-22)26(34)32(27(35)29-28)19-18-30(2)3/h4-11,20,24H,12-19H2,1-3H3,(H,29,35). The van der Waals surface area contributed by atoms with Crippen LogP contribution in [0.1, 0.15) is 40.7 Å². The largest absolute Gasteiger partial charge is 0.339 e. The topological polar surface area (TPSA) is 73.0 Å². The summed E-state index contributed by atoms with van der Waals surface area (Å²) < 4.78 is 0. The van der Waals surface area contributed by atoms with Crippen molar-refractivity contribution in [2.75, 3.05) is 40.3 Å². The minimum atomic E-state index is -0.933. The van der Waals surface area contributed by atoms with Crippen molar-refractivity contribution in [3.8, 4) is 0 Å². The molecule has 4 rings (SSSR count). The normalized spacial score (nSPS) is 21.0. The van der Waals surface area contributed by atoms with Gasteiger partial charge in [0, 0.05) is 31.7 Å². The number of imide groups is 1. The number of carbonyl (C=O) groups is 3. The summed E-state index contributed by atoms with van der Waals surface area (Å²) in [5.74, 6) is -0.114. The van der Waals surface area contributed by atoms with Crippen molar-refractivity contribution >= 4 is 17.8 Å². The minimum Gasteiger partial charge on any atom is -0.339 e. The van der Waals surface area contributed by atoms with E-state index in [4.69, 9.17) is 0 Å². The summed E-state index contributed by atoms with van der Waals surface area (Å²) in [5.41, 5.74) is 1.97. The quantitative estimate of drug-likeness (QED) is 0.593. The maximum atomic E-state index is 13.8. The molecule has 0 spiro atoms. The molecule has 1 atom stereocenters. The van der Waals surface area contributed by atoms with Crippen molar-refractivity contribution in [2.24, 2.45) is 5.92 Å². The van der Waals surface area contributed by atoms with Crippen LogP contribution >= 0.6 is 0 Å². The molecule has 0 radical (unpaired) electrons. The van der Waals surface area contributed by atoms with Gasteiger partial charge in [0.2, 0.25) is 0 Å². The molecule has 0 aliphatic carbocycles. The SMILES string of the molecule is Cc1cccc(C(=O)N2CCC(C3(CCc4ccccc4)NC(=O)N(CCN(C)C)C3=O)CC2)c1. The predicted molar refractivity (Wildman–Crippen MR) is 136 cm³/mol. The van der Waals surface area contributed by atoms with Gasteiger partial charge >= 0.3 is 6.03 Å². The number of hydrogen-bond donors (Lipinski definition) is 1. The van der Waals surface area contributed by atoms with E-state index >= 15 is 0 Å². The van der Waals surface area contributed by atoms with E-state index in [0.29, 0.717) is 57.4 Å². The van der Waals surface area contributed by atoms with Gasteiger partial charge in [-0.25, -0.2) is 4.79 Å². The van der Waals surface area contributed by atoms with Crippen LogP contribution in [0.2, 0.25) is 0 Å². The first-order chi connectivity index (χ1) is 16.8. The summed E-state index contributed by atoms with van der Waals surface area (Å²) >= 11 is 0. The zero-order valence-electron chi connectivity index (χ0n) is 21.0. The molecule has 7 heteroatoms. The average molecular weight is 477 g/mol. The lowest BCUT2D eigenvalue weighted by Crippen LogP contribution is -2.57. The van der Waals surface area contributed by atoms with E-state index in [1.54, 1.807) is 0 Å². The van der Waals surface area contributed by atoms with Crippen LogP contribution in [-0.2, 0) is 11.2 Å². The first-order valence-corrected chi connectivity index (χ1v) is 12.5. The van der Waals surface area contributed by atoms with E-state index in [9.17, 15) is 14.4 Å². The number of piperidine rings is 1. The molecule has 2 aliphatic heterocycles. The van der Waals surface area contributed by atoms with Gasteiger partial charge in [-0.05, 0) is 70.3 Å². The second-order valence-electron chi connectivity index (χ2n) is 10.1. The van der Waals surface area contributed by atoms with E-state index < -0.39 is 5.54 Å². The first kappa shape index (κ1) is 24.9. The fraction of sp³-hybridized carbons (Fsp3) is 0.464. The molecular formula is C28H36N4O3. The van der Waals surface area contributed by atoms with E-state index in [2.05, 4.69) is 17.4 Å². The molecule has 7 nitrogen and oxygen atoms in total. The Balaban J connectivity index is 1.51. The van der Waals surface area contributed by atoms with E-state index in [-0.39, 0.29) is 23.8 Å². The zero-order chi connectivity index (χ0) is 25.0. The molecule has 2 heterocycles. The summed E-state index contributed by atoms with van der Waals surface area (Å²) in [5, 5.41) is 3.13. The van der Waals surface area contributed by atoms with Crippen molar-refractivity contribution in [1.82, 2.24) is 20.0 Å². The number of rotatable bonds is 8. The van der Waals surface area contributed by atoms with Gasteiger partial charge in [0.25, 0.3) is 11.8 Å². The molecule has 2 aromatic carbocycles. The number of benzene rings is 2. The summed E-state index contributed by atoms with van der Waals surface area (Å²) in [6.45, 7) is 4.12. The third-order valence-electron chi connectivity index (χ3n) is 7.37. The van der Waals surface area contributed by atoms with Crippen molar-refractivity contribution < 1.29 is 14.4 Å². The maximum absolute atomic E-state index is 13.8. The number of likely N-dealkylation sites (N-methyl/N-ethyl adjacent to an activating group) is 1. The predicted octanol–water partition coefficient (Wildman–Crippen LogP) is 3.33. The van der Waals surface area contributed by atoms with Gasteiger partial charge in [-0.15, -0.1) is 0 Å². The lowest BCUT2D eigenvalue weighted by atomic mass is 9.74. The molecule has 186 valence electrons. The number of likely N-dealkylation sites (tertiary alicyclic amines) is 1. The van der Waals surface area contributed by atoms with Crippen LogP contribution in [-0.4, -0.2) is 78.4 Å². The van der Waals surface area contributed by atoms with Crippen LogP contribution in [0.4, 0.5) is 4.79 Å². The van der Waals surface area contributed by atoms with Crippen LogP contribution in [0.25, 0.3) is 0 Å². The van der Waals surface area contributed by atoms with Crippen molar-refractivity contribution in [1.29, 1.82) is 0 Å². The fourth-order valence-corrected chi connectivity index (χ4v) is 5.32. The highest BCUT2D eigenvalue weighted by Gasteiger charge is 2.55. The van der Waals surface area contributed by atoms with Gasteiger partial charge in [-0.1, -0.05) is 48.0 Å². The molecule has 1 N–H and O–H groups in total. The Morgan fingerprint density at radius 1 is 1.06 bits per heavy atom. The van der Waals surface area contributed by atoms with Gasteiger partial charge < -0.3 is 15.1 Å². The van der Waals surface area contributed by atoms with Crippen LogP contribution in [0.5, 0.6) is 0 Å². The Hall–Kier alpha value is -3.19. The van der Waals surface area contributed by atoms with Gasteiger partial charge in [0.05, 0.1) is 0 Å². The molecule has 2 aliphatic rings. The van der Waals surface area contributed by atoms with Gasteiger partial charge in [0.15, 0.2) is 0 Å². The number of urea groups is 1. The van der Waals surface area contributed by atoms with Crippen LogP contribution in [0, 0.1) is 12.8 Å². The molecule has 0 aromatic heterocycles. The highest BCUT2D eigenvalue weighted by atomic mass is 16.2. The summed E-state index contributed by atoms with van der Waals surface area (Å²) in [4.78, 5) is 45.1. The van der Waals surface area contributed by atoms with Crippen molar-refractivity contribution in [3.05, 3.63) is 71.3 Å². The monoisotopic (exact) mass is 476 g/mol. The van der Waals surface area contributed by atoms with Crippen molar-refractivity contribution in [2.45, 2.75) is 38.1 Å². The smallest absolute Gasteiger partial charge is 0.325 e. The Bertz CT molecular complexity index is 1060. The van der Waals surface area contributed by atoms with E-state index in [0.717, 1.165) is 11.1 Å². The molecular weight excluding hydrogens is 440 g/mol. The van der Waals surface area contributed by atoms with Crippen LogP contribution in [0.15, 0.2) is 54.6 Å². The number of amides is 4. The minimum absolute atomic E-state index is 0.0198. The Morgan fingerprint density at radius 3 is 2.43 bits per heavy atom. The third-order valence-corrected chi connectivity index (χ3v) is 7.37. The lowest BCUT2D eigenvalue weighted by molar-refractivity contribution is -0.134. The summed E-state index contributed by atoms with van der Waals surface area (Å²) in [6.07, 6.45) is 2.62. The molecule has 4 amide bonds. The maximum Gasteiger partial charge on any atom is 0.325 e. The average Bonchev–Trinajstić information content (AvgIpc) is 3.11. The Kier molecular flexibility index (Phi) is 7.55. The number of aryl methyl sites for hydroxylation is 2. The van der Waals surface area contributed by atoms with E-state index in [1.165, 1.54) is 4.90 Å². The number of nitrogens with one attached hydrogen (secondary N) is 1. The fourth-order valence-electron chi connectivity index (χ4n) is 5.32. The van der Waals surface area contributed by atoms with Gasteiger partial charge in [-0.2, -0.15) is 0 Å². The molecule has 2 fully saturated rings. The summed E-state index contributed by atoms with van der Waals surface area (Å²) in [7, 11) is 3.87. The lowest BCUT2D eigenvalue weighted by Gasteiger charge is -2.41. The summed E-state index contributed by atoms with van der Waals surface area (Å²) in [6, 6.07) is 17.4. The molecule has 2 saturated heterocycles. The number of hydrogen-bond acceptors (Lipinski definition) is 4. The molecule has 2 aromatic rings. The van der Waals surface area contributed by atoms with Crippen LogP contribution in [0.3, 0.4) is 0 Å². The molecule has 35 heavy (non-hydrogen) atoms. The highest BCUT2D eigenvalue weighted by Crippen LogP contribution is 2.37. The van der Waals surface area contributed by atoms with E-state index in [1.807, 2.05) is 73.3 Å². The Morgan fingerprint density at radius 2 is 1.77 bits per heavy atom. The Labute approximate surface area is 208 Å². The van der Waals surface area contributed by atoms with Crippen molar-refractivity contribution in [3.63, 3.8) is 0 Å². The molecule has 0 bridgehead atoms. The number of carbonyl (C=O) groups excluding carboxylic acids is 3. The van der Waals surface area contributed by atoms with Crippen LogP contribution < -0.4 is 5.32 Å². The zero-order valence-corrected chi connectivity index (χ0v) is 21.0. The second-order valence-corrected chi connectivity index (χ2v) is 10.1.